The van der Waals surface area contributed by atoms with Crippen LogP contribution in [0.15, 0.2) is 67.0 Å². The van der Waals surface area contributed by atoms with E-state index >= 15 is 0 Å². The minimum Gasteiger partial charge on any atom is -0.380 e. The van der Waals surface area contributed by atoms with Gasteiger partial charge in [-0.1, -0.05) is 23.7 Å². The molecule has 2 aromatic carbocycles. The predicted octanol–water partition coefficient (Wildman–Crippen LogP) is 4.50. The molecule has 0 saturated heterocycles. The molecule has 0 aliphatic rings. The zero-order valence-corrected chi connectivity index (χ0v) is 15.4. The van der Waals surface area contributed by atoms with Crippen molar-refractivity contribution in [3.63, 3.8) is 0 Å². The smallest absolute Gasteiger partial charge is 0.258 e. The number of rotatable bonds is 5. The summed E-state index contributed by atoms with van der Waals surface area (Å²) in [4.78, 5) is 18.0. The molecule has 6 heteroatoms. The summed E-state index contributed by atoms with van der Waals surface area (Å²) in [5.41, 5.74) is 3.63. The number of hydrogen-bond acceptors (Lipinski definition) is 4. The minimum absolute atomic E-state index is 0.0964. The number of nitrogens with one attached hydrogen (secondary N) is 1. The third-order valence-corrected chi connectivity index (χ3v) is 4.38. The number of carbonyl (C=O) groups excluding carboxylic acids is 1. The number of anilines is 2. The van der Waals surface area contributed by atoms with E-state index in [-0.39, 0.29) is 5.91 Å². The molecule has 27 heavy (non-hydrogen) atoms. The molecule has 0 radical (unpaired) electrons. The van der Waals surface area contributed by atoms with Crippen LogP contribution in [-0.4, -0.2) is 17.9 Å². The summed E-state index contributed by atoms with van der Waals surface area (Å²) in [6, 6.07) is 18.3. The molecule has 3 aromatic rings. The van der Waals surface area contributed by atoms with Crippen LogP contribution in [0.1, 0.15) is 21.5 Å². The summed E-state index contributed by atoms with van der Waals surface area (Å²) >= 11 is 6.00. The summed E-state index contributed by atoms with van der Waals surface area (Å²) in [6.07, 6.45) is 3.20. The number of carbonyl (C=O) groups is 1. The third-order valence-electron chi connectivity index (χ3n) is 4.14. The normalized spacial score (nSPS) is 10.1. The van der Waals surface area contributed by atoms with Crippen molar-refractivity contribution in [3.05, 3.63) is 88.7 Å². The fourth-order valence-electron chi connectivity index (χ4n) is 2.60. The second-order valence-corrected chi connectivity index (χ2v) is 6.36. The quantitative estimate of drug-likeness (QED) is 0.712. The maximum absolute atomic E-state index is 12.5. The van der Waals surface area contributed by atoms with Gasteiger partial charge in [0.15, 0.2) is 0 Å². The molecule has 0 bridgehead atoms. The van der Waals surface area contributed by atoms with E-state index in [2.05, 4.69) is 16.4 Å². The number of pyridine rings is 1. The zero-order chi connectivity index (χ0) is 19.2. The van der Waals surface area contributed by atoms with Crippen LogP contribution in [0, 0.1) is 11.3 Å². The van der Waals surface area contributed by atoms with Crippen LogP contribution in [-0.2, 0) is 6.54 Å². The Morgan fingerprint density at radius 2 is 1.85 bits per heavy atom. The van der Waals surface area contributed by atoms with Crippen molar-refractivity contribution >= 4 is 28.9 Å². The van der Waals surface area contributed by atoms with Crippen LogP contribution in [0.3, 0.4) is 0 Å². The second kappa shape index (κ2) is 8.35. The number of benzene rings is 2. The summed E-state index contributed by atoms with van der Waals surface area (Å²) < 4.78 is 0. The number of hydrogen-bond donors (Lipinski definition) is 1. The number of aromatic nitrogens is 1. The lowest BCUT2D eigenvalue weighted by Crippen LogP contribution is -2.26. The molecule has 0 unspecified atom stereocenters. The van der Waals surface area contributed by atoms with Gasteiger partial charge in [0, 0.05) is 42.3 Å². The molecule has 1 heterocycles. The molecule has 0 atom stereocenters. The van der Waals surface area contributed by atoms with Crippen LogP contribution < -0.4 is 10.2 Å². The molecule has 3 rings (SSSR count). The van der Waals surface area contributed by atoms with Crippen molar-refractivity contribution < 1.29 is 4.79 Å². The Hall–Kier alpha value is -3.36. The second-order valence-electron chi connectivity index (χ2n) is 5.92. The van der Waals surface area contributed by atoms with Crippen LogP contribution >= 0.6 is 11.6 Å². The van der Waals surface area contributed by atoms with E-state index in [0.717, 1.165) is 11.3 Å². The Morgan fingerprint density at radius 1 is 1.15 bits per heavy atom. The first-order valence-electron chi connectivity index (χ1n) is 8.29. The maximum atomic E-state index is 12.5. The van der Waals surface area contributed by atoms with Crippen LogP contribution in [0.4, 0.5) is 11.4 Å². The standard InChI is InChI=1S/C21H17ClN4O/c1-26(21(27)16-8-10-24-11-9-16)19-6-2-15(3-7-19)14-25-20-12-18(22)5-4-17(20)13-23/h2-12,25H,14H2,1H3. The fraction of sp³-hybridized carbons (Fsp3) is 0.0952. The highest BCUT2D eigenvalue weighted by Crippen LogP contribution is 2.22. The topological polar surface area (TPSA) is 69.0 Å². The van der Waals surface area contributed by atoms with Gasteiger partial charge in [-0.2, -0.15) is 5.26 Å². The number of nitrogens with zero attached hydrogens (tertiary/aromatic N) is 3. The summed E-state index contributed by atoms with van der Waals surface area (Å²) in [5.74, 6) is -0.0964. The van der Waals surface area contributed by atoms with Gasteiger partial charge in [-0.3, -0.25) is 9.78 Å². The maximum Gasteiger partial charge on any atom is 0.258 e. The fourth-order valence-corrected chi connectivity index (χ4v) is 2.77. The molecule has 1 N–H and O–H groups in total. The van der Waals surface area contributed by atoms with Crippen LogP contribution in [0.5, 0.6) is 0 Å². The lowest BCUT2D eigenvalue weighted by Gasteiger charge is -2.18. The van der Waals surface area contributed by atoms with Gasteiger partial charge in [0.2, 0.25) is 0 Å². The number of halogens is 1. The lowest BCUT2D eigenvalue weighted by molar-refractivity contribution is 0.0993. The van der Waals surface area contributed by atoms with E-state index in [1.54, 1.807) is 54.7 Å². The molecule has 1 amide bonds. The molecular formula is C21H17ClN4O. The van der Waals surface area contributed by atoms with E-state index in [4.69, 9.17) is 11.6 Å². The Labute approximate surface area is 162 Å². The Morgan fingerprint density at radius 3 is 2.52 bits per heavy atom. The van der Waals surface area contributed by atoms with Gasteiger partial charge < -0.3 is 10.2 Å². The van der Waals surface area contributed by atoms with Gasteiger partial charge in [-0.05, 0) is 48.0 Å². The summed E-state index contributed by atoms with van der Waals surface area (Å²) in [5, 5.41) is 13.0. The molecule has 0 spiro atoms. The first-order chi connectivity index (χ1) is 13.1. The average molecular weight is 377 g/mol. The molecule has 0 aliphatic heterocycles. The number of amides is 1. The molecule has 1 aromatic heterocycles. The highest BCUT2D eigenvalue weighted by atomic mass is 35.5. The molecule has 0 fully saturated rings. The molecule has 0 aliphatic carbocycles. The van der Waals surface area contributed by atoms with Gasteiger partial charge in [0.25, 0.3) is 5.91 Å². The van der Waals surface area contributed by atoms with Gasteiger partial charge in [-0.25, -0.2) is 0 Å². The van der Waals surface area contributed by atoms with E-state index < -0.39 is 0 Å². The monoisotopic (exact) mass is 376 g/mol. The van der Waals surface area contributed by atoms with Crippen molar-refractivity contribution in [2.45, 2.75) is 6.54 Å². The van der Waals surface area contributed by atoms with Crippen molar-refractivity contribution in [2.24, 2.45) is 0 Å². The molecule has 0 saturated carbocycles. The van der Waals surface area contributed by atoms with Crippen molar-refractivity contribution in [3.8, 4) is 6.07 Å². The van der Waals surface area contributed by atoms with Gasteiger partial charge >= 0.3 is 0 Å². The minimum atomic E-state index is -0.0964. The van der Waals surface area contributed by atoms with E-state index in [9.17, 15) is 10.1 Å². The SMILES string of the molecule is CN(C(=O)c1ccncc1)c1ccc(CNc2cc(Cl)ccc2C#N)cc1. The van der Waals surface area contributed by atoms with Crippen molar-refractivity contribution in [2.75, 3.05) is 17.3 Å². The van der Waals surface area contributed by atoms with E-state index in [1.165, 1.54) is 0 Å². The lowest BCUT2D eigenvalue weighted by atomic mass is 10.1. The van der Waals surface area contributed by atoms with Gasteiger partial charge in [0.05, 0.1) is 11.3 Å². The Bertz CT molecular complexity index is 981. The molecule has 134 valence electrons. The van der Waals surface area contributed by atoms with Crippen LogP contribution in [0.25, 0.3) is 0 Å². The molecular weight excluding hydrogens is 360 g/mol. The van der Waals surface area contributed by atoms with Gasteiger partial charge in [0.1, 0.15) is 6.07 Å². The van der Waals surface area contributed by atoms with Crippen molar-refractivity contribution in [1.29, 1.82) is 5.26 Å². The summed E-state index contributed by atoms with van der Waals surface area (Å²) in [6.45, 7) is 0.539. The highest BCUT2D eigenvalue weighted by Gasteiger charge is 2.13. The van der Waals surface area contributed by atoms with Crippen LogP contribution in [0.2, 0.25) is 5.02 Å². The average Bonchev–Trinajstić information content (AvgIpc) is 2.72. The molecule has 5 nitrogen and oxygen atoms in total. The highest BCUT2D eigenvalue weighted by molar-refractivity contribution is 6.30. The predicted molar refractivity (Wildman–Crippen MR) is 107 cm³/mol. The first kappa shape index (κ1) is 18.4. The first-order valence-corrected chi connectivity index (χ1v) is 8.67. The zero-order valence-electron chi connectivity index (χ0n) is 14.7. The Kier molecular flexibility index (Phi) is 5.70. The van der Waals surface area contributed by atoms with E-state index in [0.29, 0.717) is 28.4 Å². The third kappa shape index (κ3) is 4.43. The largest absolute Gasteiger partial charge is 0.380 e. The van der Waals surface area contributed by atoms with Crippen molar-refractivity contribution in [1.82, 2.24) is 4.98 Å². The van der Waals surface area contributed by atoms with E-state index in [1.807, 2.05) is 24.3 Å². The summed E-state index contributed by atoms with van der Waals surface area (Å²) in [7, 11) is 1.74. The van der Waals surface area contributed by atoms with Gasteiger partial charge in [-0.15, -0.1) is 0 Å². The Balaban J connectivity index is 1.68. The number of nitriles is 1.